The van der Waals surface area contributed by atoms with Gasteiger partial charge in [0.2, 0.25) is 0 Å². The van der Waals surface area contributed by atoms with Crippen molar-refractivity contribution in [2.45, 2.75) is 32.8 Å². The summed E-state index contributed by atoms with van der Waals surface area (Å²) in [6.45, 7) is 3.55. The Kier molecular flexibility index (Phi) is 7.94. The zero-order valence-electron chi connectivity index (χ0n) is 20.7. The number of aliphatic carboxylic acids is 1. The van der Waals surface area contributed by atoms with E-state index in [1.807, 2.05) is 42.5 Å². The van der Waals surface area contributed by atoms with Crippen LogP contribution < -0.4 is 4.74 Å². The van der Waals surface area contributed by atoms with Crippen molar-refractivity contribution in [1.82, 2.24) is 5.16 Å². The average molecular weight is 520 g/mol. The first-order valence-corrected chi connectivity index (χ1v) is 12.0. The first kappa shape index (κ1) is 26.0. The molecule has 0 saturated heterocycles. The maximum Gasteiger partial charge on any atom is 0.311 e. The van der Waals surface area contributed by atoms with Gasteiger partial charge in [-0.3, -0.25) is 9.59 Å². The van der Waals surface area contributed by atoms with Gasteiger partial charge in [0.05, 0.1) is 25.6 Å². The molecule has 1 N–H and O–H groups in total. The van der Waals surface area contributed by atoms with E-state index in [0.29, 0.717) is 38.9 Å². The van der Waals surface area contributed by atoms with Crippen LogP contribution in [0.5, 0.6) is 5.75 Å². The van der Waals surface area contributed by atoms with E-state index in [-0.39, 0.29) is 12.8 Å². The first-order chi connectivity index (χ1) is 17.8. The molecule has 0 radical (unpaired) electrons. The highest BCUT2D eigenvalue weighted by Gasteiger charge is 2.22. The Labute approximate surface area is 219 Å². The lowest BCUT2D eigenvalue weighted by molar-refractivity contribution is -0.147. The lowest BCUT2D eigenvalue weighted by Crippen LogP contribution is -2.12. The Balaban J connectivity index is 1.61. The van der Waals surface area contributed by atoms with E-state index in [2.05, 4.69) is 5.16 Å². The molecule has 0 aliphatic carbocycles. The maximum absolute atomic E-state index is 12.8. The molecule has 1 unspecified atom stereocenters. The molecule has 7 nitrogen and oxygen atoms in total. The number of nitrogens with zero attached hydrogens (tertiary/aromatic N) is 1. The number of methoxy groups -OCH3 is 1. The van der Waals surface area contributed by atoms with Gasteiger partial charge in [-0.2, -0.15) is 0 Å². The van der Waals surface area contributed by atoms with Crippen molar-refractivity contribution in [2.24, 2.45) is 0 Å². The molecule has 4 aromatic rings. The minimum atomic E-state index is -0.914. The summed E-state index contributed by atoms with van der Waals surface area (Å²) >= 11 is 6.24. The van der Waals surface area contributed by atoms with Gasteiger partial charge in [-0.05, 0) is 49.2 Å². The van der Waals surface area contributed by atoms with Gasteiger partial charge in [0, 0.05) is 27.3 Å². The molecule has 0 amide bonds. The number of hydrogen-bond donors (Lipinski definition) is 1. The molecule has 0 fully saturated rings. The van der Waals surface area contributed by atoms with Crippen LogP contribution in [-0.2, 0) is 27.2 Å². The summed E-state index contributed by atoms with van der Waals surface area (Å²) in [5, 5.41) is 13.8. The SMILES string of the molecule is COc1ccc(CC(=O)O)cc1-c1cccc(-c2onc(C)c2CC(=O)OC(C)c2ccccc2Cl)c1. The highest BCUT2D eigenvalue weighted by molar-refractivity contribution is 6.31. The zero-order valence-corrected chi connectivity index (χ0v) is 21.4. The number of benzene rings is 3. The van der Waals surface area contributed by atoms with Crippen molar-refractivity contribution in [3.63, 3.8) is 0 Å². The highest BCUT2D eigenvalue weighted by atomic mass is 35.5. The molecule has 0 bridgehead atoms. The topological polar surface area (TPSA) is 98.9 Å². The van der Waals surface area contributed by atoms with Crippen LogP contribution in [0.25, 0.3) is 22.5 Å². The summed E-state index contributed by atoms with van der Waals surface area (Å²) in [6, 6.07) is 20.0. The van der Waals surface area contributed by atoms with E-state index in [4.69, 9.17) is 25.6 Å². The van der Waals surface area contributed by atoms with Crippen molar-refractivity contribution in [1.29, 1.82) is 0 Å². The van der Waals surface area contributed by atoms with Gasteiger partial charge in [-0.1, -0.05) is 59.2 Å². The minimum absolute atomic E-state index is 0.0267. The van der Waals surface area contributed by atoms with Gasteiger partial charge in [-0.25, -0.2) is 0 Å². The summed E-state index contributed by atoms with van der Waals surface area (Å²) < 4.78 is 16.8. The van der Waals surface area contributed by atoms with Crippen molar-refractivity contribution >= 4 is 23.5 Å². The quantitative estimate of drug-likeness (QED) is 0.253. The standard InChI is InChI=1S/C29H26ClNO6/c1-17-23(16-28(34)36-18(2)22-9-4-5-10-25(22)30)29(37-31-17)21-8-6-7-20(15-21)24-13-19(14-27(32)33)11-12-26(24)35-3/h4-13,15,18H,14,16H2,1-3H3,(H,32,33). The third kappa shape index (κ3) is 6.01. The van der Waals surface area contributed by atoms with Crippen LogP contribution >= 0.6 is 11.6 Å². The normalized spacial score (nSPS) is 11.7. The summed E-state index contributed by atoms with van der Waals surface area (Å²) in [5.74, 6) is -0.277. The number of carboxylic acid groups (broad SMARTS) is 1. The van der Waals surface area contributed by atoms with Crippen molar-refractivity contribution in [2.75, 3.05) is 7.11 Å². The minimum Gasteiger partial charge on any atom is -0.496 e. The van der Waals surface area contributed by atoms with E-state index in [0.717, 1.165) is 16.7 Å². The van der Waals surface area contributed by atoms with Crippen LogP contribution in [0, 0.1) is 6.92 Å². The molecule has 1 atom stereocenters. The number of rotatable bonds is 9. The molecule has 4 rings (SSSR count). The fourth-order valence-corrected chi connectivity index (χ4v) is 4.46. The number of hydrogen-bond acceptors (Lipinski definition) is 6. The van der Waals surface area contributed by atoms with Crippen LogP contribution in [-0.4, -0.2) is 29.3 Å². The van der Waals surface area contributed by atoms with Crippen LogP contribution in [0.3, 0.4) is 0 Å². The van der Waals surface area contributed by atoms with Gasteiger partial charge >= 0.3 is 11.9 Å². The van der Waals surface area contributed by atoms with Gasteiger partial charge in [-0.15, -0.1) is 0 Å². The Morgan fingerprint density at radius 3 is 2.51 bits per heavy atom. The number of carbonyl (C=O) groups excluding carboxylic acids is 1. The highest BCUT2D eigenvalue weighted by Crippen LogP contribution is 2.35. The Morgan fingerprint density at radius 1 is 1.03 bits per heavy atom. The molecule has 1 heterocycles. The second kappa shape index (κ2) is 11.3. The average Bonchev–Trinajstić information content (AvgIpc) is 3.23. The zero-order chi connectivity index (χ0) is 26.5. The lowest BCUT2D eigenvalue weighted by atomic mass is 9.97. The van der Waals surface area contributed by atoms with E-state index in [1.54, 1.807) is 45.2 Å². The van der Waals surface area contributed by atoms with Crippen LogP contribution in [0.1, 0.15) is 35.4 Å². The van der Waals surface area contributed by atoms with Crippen LogP contribution in [0.2, 0.25) is 5.02 Å². The molecule has 0 saturated carbocycles. The number of aryl methyl sites for hydroxylation is 1. The van der Waals surface area contributed by atoms with Gasteiger partial charge in [0.25, 0.3) is 0 Å². The second-order valence-electron chi connectivity index (χ2n) is 8.59. The van der Waals surface area contributed by atoms with E-state index in [1.165, 1.54) is 0 Å². The number of halogens is 1. The molecule has 3 aromatic carbocycles. The maximum atomic E-state index is 12.8. The lowest BCUT2D eigenvalue weighted by Gasteiger charge is -2.15. The number of ether oxygens (including phenoxy) is 2. The number of carbonyl (C=O) groups is 2. The molecule has 0 spiro atoms. The summed E-state index contributed by atoms with van der Waals surface area (Å²) in [6.07, 6.45) is -0.642. The van der Waals surface area contributed by atoms with Crippen LogP contribution in [0.15, 0.2) is 71.3 Å². The molecule has 190 valence electrons. The fraction of sp³-hybridized carbons (Fsp3) is 0.207. The predicted octanol–water partition coefficient (Wildman–Crippen LogP) is 6.45. The largest absolute Gasteiger partial charge is 0.496 e. The second-order valence-corrected chi connectivity index (χ2v) is 9.00. The Morgan fingerprint density at radius 2 is 1.78 bits per heavy atom. The fourth-order valence-electron chi connectivity index (χ4n) is 4.17. The summed E-state index contributed by atoms with van der Waals surface area (Å²) in [4.78, 5) is 24.0. The molecule has 0 aliphatic rings. The predicted molar refractivity (Wildman–Crippen MR) is 140 cm³/mol. The van der Waals surface area contributed by atoms with Crippen LogP contribution in [0.4, 0.5) is 0 Å². The number of carboxylic acids is 1. The van der Waals surface area contributed by atoms with E-state index >= 15 is 0 Å². The summed E-state index contributed by atoms with van der Waals surface area (Å²) in [7, 11) is 1.56. The van der Waals surface area contributed by atoms with E-state index in [9.17, 15) is 14.7 Å². The number of esters is 1. The van der Waals surface area contributed by atoms with E-state index < -0.39 is 18.0 Å². The Bertz CT molecular complexity index is 1440. The molecular formula is C29H26ClNO6. The van der Waals surface area contributed by atoms with Gasteiger partial charge in [0.15, 0.2) is 5.76 Å². The molecule has 1 aromatic heterocycles. The van der Waals surface area contributed by atoms with Gasteiger partial charge in [0.1, 0.15) is 11.9 Å². The van der Waals surface area contributed by atoms with Crippen molar-refractivity contribution < 1.29 is 28.7 Å². The van der Waals surface area contributed by atoms with Gasteiger partial charge < -0.3 is 19.1 Å². The van der Waals surface area contributed by atoms with Crippen molar-refractivity contribution in [3.05, 3.63) is 94.1 Å². The molecular weight excluding hydrogens is 494 g/mol. The smallest absolute Gasteiger partial charge is 0.311 e. The summed E-state index contributed by atoms with van der Waals surface area (Å²) in [5.41, 5.74) is 4.85. The molecule has 37 heavy (non-hydrogen) atoms. The molecule has 8 heteroatoms. The third-order valence-electron chi connectivity index (χ3n) is 6.01. The van der Waals surface area contributed by atoms with Crippen molar-refractivity contribution in [3.8, 4) is 28.2 Å². The first-order valence-electron chi connectivity index (χ1n) is 11.7. The number of aromatic nitrogens is 1. The third-order valence-corrected chi connectivity index (χ3v) is 6.36. The molecule has 0 aliphatic heterocycles. The Hall–Kier alpha value is -4.10. The monoisotopic (exact) mass is 519 g/mol.